The van der Waals surface area contributed by atoms with E-state index in [1.165, 1.54) is 11.3 Å². The average molecular weight is 234 g/mol. The smallest absolute Gasteiger partial charge is 0.0396 e. The first-order chi connectivity index (χ1) is 8.00. The molecule has 2 heteroatoms. The van der Waals surface area contributed by atoms with E-state index < -0.39 is 0 Å². The van der Waals surface area contributed by atoms with Gasteiger partial charge in [-0.2, -0.15) is 0 Å². The zero-order valence-corrected chi connectivity index (χ0v) is 11.9. The van der Waals surface area contributed by atoms with Gasteiger partial charge in [-0.05, 0) is 45.9 Å². The molecule has 0 aliphatic rings. The zero-order valence-electron chi connectivity index (χ0n) is 11.9. The molecule has 1 rings (SSSR count). The third-order valence-electron chi connectivity index (χ3n) is 3.08. The molecule has 0 saturated heterocycles. The molecule has 0 amide bonds. The minimum atomic E-state index is 0.146. The van der Waals surface area contributed by atoms with Crippen molar-refractivity contribution in [2.75, 3.05) is 24.5 Å². The van der Waals surface area contributed by atoms with Crippen LogP contribution in [0.4, 0.5) is 5.69 Å². The van der Waals surface area contributed by atoms with Crippen LogP contribution in [0.3, 0.4) is 0 Å². The maximum atomic E-state index is 3.53. The van der Waals surface area contributed by atoms with Crippen molar-refractivity contribution in [1.29, 1.82) is 0 Å². The Bertz CT molecular complexity index is 345. The van der Waals surface area contributed by atoms with Crippen molar-refractivity contribution in [3.05, 3.63) is 29.8 Å². The summed E-state index contributed by atoms with van der Waals surface area (Å²) in [5.41, 5.74) is 2.84. The van der Waals surface area contributed by atoms with Gasteiger partial charge in [0.2, 0.25) is 0 Å². The first kappa shape index (κ1) is 14.0. The molecular formula is C15H26N2. The van der Waals surface area contributed by atoms with E-state index in [9.17, 15) is 0 Å². The van der Waals surface area contributed by atoms with Crippen LogP contribution in [0.1, 0.15) is 33.3 Å². The lowest BCUT2D eigenvalue weighted by atomic mass is 10.0. The molecule has 96 valence electrons. The summed E-state index contributed by atoms with van der Waals surface area (Å²) in [6.45, 7) is 14.2. The minimum Gasteiger partial charge on any atom is -0.370 e. The predicted molar refractivity (Wildman–Crippen MR) is 76.8 cm³/mol. The summed E-state index contributed by atoms with van der Waals surface area (Å²) in [4.78, 5) is 2.44. The van der Waals surface area contributed by atoms with E-state index in [0.717, 1.165) is 19.6 Å². The number of nitrogens with zero attached hydrogens (tertiary/aromatic N) is 1. The van der Waals surface area contributed by atoms with Gasteiger partial charge < -0.3 is 10.2 Å². The molecule has 0 spiro atoms. The van der Waals surface area contributed by atoms with E-state index in [1.807, 2.05) is 0 Å². The summed E-state index contributed by atoms with van der Waals surface area (Å²) in [7, 11) is 0. The Balaban J connectivity index is 2.83. The molecular weight excluding hydrogens is 208 g/mol. The van der Waals surface area contributed by atoms with E-state index in [2.05, 4.69) is 69.1 Å². The number of nitrogens with one attached hydrogen (secondary N) is 1. The van der Waals surface area contributed by atoms with E-state index in [0.29, 0.717) is 0 Å². The molecule has 0 bridgehead atoms. The molecule has 0 radical (unpaired) electrons. The van der Waals surface area contributed by atoms with Crippen LogP contribution in [0.15, 0.2) is 24.3 Å². The average Bonchev–Trinajstić information content (AvgIpc) is 2.27. The molecule has 0 fully saturated rings. The summed E-state index contributed by atoms with van der Waals surface area (Å²) in [5, 5.41) is 3.53. The van der Waals surface area contributed by atoms with Crippen LogP contribution < -0.4 is 10.2 Å². The molecule has 1 N–H and O–H groups in total. The maximum absolute atomic E-state index is 3.53. The minimum absolute atomic E-state index is 0.146. The van der Waals surface area contributed by atoms with E-state index in [-0.39, 0.29) is 5.54 Å². The topological polar surface area (TPSA) is 15.3 Å². The van der Waals surface area contributed by atoms with Gasteiger partial charge in [0.05, 0.1) is 0 Å². The number of likely N-dealkylation sites (N-methyl/N-ethyl adjacent to an activating group) is 2. The molecule has 2 nitrogen and oxygen atoms in total. The number of hydrogen-bond donors (Lipinski definition) is 1. The Morgan fingerprint density at radius 2 is 1.82 bits per heavy atom. The van der Waals surface area contributed by atoms with Gasteiger partial charge in [0.1, 0.15) is 0 Å². The molecule has 0 atom stereocenters. The Morgan fingerprint density at radius 3 is 2.35 bits per heavy atom. The van der Waals surface area contributed by atoms with Crippen molar-refractivity contribution < 1.29 is 0 Å². The maximum Gasteiger partial charge on any atom is 0.0396 e. The molecule has 0 saturated carbocycles. The highest BCUT2D eigenvalue weighted by Gasteiger charge is 2.20. The summed E-state index contributed by atoms with van der Waals surface area (Å²) >= 11 is 0. The van der Waals surface area contributed by atoms with Gasteiger partial charge in [-0.1, -0.05) is 25.1 Å². The van der Waals surface area contributed by atoms with E-state index >= 15 is 0 Å². The number of aryl methyl sites for hydroxylation is 1. The van der Waals surface area contributed by atoms with Gasteiger partial charge in [0, 0.05) is 24.3 Å². The lowest BCUT2D eigenvalue weighted by molar-refractivity contribution is 0.398. The quantitative estimate of drug-likeness (QED) is 0.813. The summed E-state index contributed by atoms with van der Waals surface area (Å²) < 4.78 is 0. The van der Waals surface area contributed by atoms with Crippen LogP contribution in [0.5, 0.6) is 0 Å². The second-order valence-corrected chi connectivity index (χ2v) is 5.21. The fourth-order valence-electron chi connectivity index (χ4n) is 2.30. The molecule has 0 aliphatic heterocycles. The van der Waals surface area contributed by atoms with Crippen LogP contribution >= 0.6 is 0 Å². The Morgan fingerprint density at radius 1 is 1.18 bits per heavy atom. The highest BCUT2D eigenvalue weighted by Crippen LogP contribution is 2.21. The van der Waals surface area contributed by atoms with Crippen LogP contribution in [0, 0.1) is 6.92 Å². The highest BCUT2D eigenvalue weighted by atomic mass is 15.2. The largest absolute Gasteiger partial charge is 0.370 e. The fraction of sp³-hybridized carbons (Fsp3) is 0.600. The van der Waals surface area contributed by atoms with Crippen molar-refractivity contribution in [2.24, 2.45) is 0 Å². The predicted octanol–water partition coefficient (Wildman–Crippen LogP) is 3.21. The summed E-state index contributed by atoms with van der Waals surface area (Å²) in [5.74, 6) is 0. The SMILES string of the molecule is CCNC(C)(C)CN(CC)c1ccccc1C. The number of hydrogen-bond acceptors (Lipinski definition) is 2. The lowest BCUT2D eigenvalue weighted by Gasteiger charge is -2.35. The first-order valence-electron chi connectivity index (χ1n) is 6.55. The lowest BCUT2D eigenvalue weighted by Crippen LogP contribution is -2.49. The van der Waals surface area contributed by atoms with Gasteiger partial charge in [-0.3, -0.25) is 0 Å². The van der Waals surface area contributed by atoms with Crippen molar-refractivity contribution >= 4 is 5.69 Å². The Kier molecular flexibility index (Phi) is 5.01. The molecule has 0 unspecified atom stereocenters. The third-order valence-corrected chi connectivity index (χ3v) is 3.08. The first-order valence-corrected chi connectivity index (χ1v) is 6.55. The number of benzene rings is 1. The van der Waals surface area contributed by atoms with Crippen LogP contribution in [-0.4, -0.2) is 25.2 Å². The summed E-state index contributed by atoms with van der Waals surface area (Å²) in [6.07, 6.45) is 0. The second kappa shape index (κ2) is 6.06. The van der Waals surface area contributed by atoms with Crippen molar-refractivity contribution in [3.8, 4) is 0 Å². The fourth-order valence-corrected chi connectivity index (χ4v) is 2.30. The molecule has 0 heterocycles. The van der Waals surface area contributed by atoms with E-state index in [4.69, 9.17) is 0 Å². The Hall–Kier alpha value is -1.02. The third kappa shape index (κ3) is 4.04. The Labute approximate surface area is 106 Å². The monoisotopic (exact) mass is 234 g/mol. The van der Waals surface area contributed by atoms with Crippen LogP contribution in [0.2, 0.25) is 0 Å². The highest BCUT2D eigenvalue weighted by molar-refractivity contribution is 5.53. The zero-order chi connectivity index (χ0) is 12.9. The molecule has 0 aliphatic carbocycles. The normalized spacial score (nSPS) is 11.6. The number of para-hydroxylation sites is 1. The van der Waals surface area contributed by atoms with Crippen molar-refractivity contribution in [1.82, 2.24) is 5.32 Å². The van der Waals surface area contributed by atoms with Gasteiger partial charge in [-0.25, -0.2) is 0 Å². The van der Waals surface area contributed by atoms with Gasteiger partial charge in [-0.15, -0.1) is 0 Å². The molecule has 0 aromatic heterocycles. The number of anilines is 1. The second-order valence-electron chi connectivity index (χ2n) is 5.21. The van der Waals surface area contributed by atoms with Crippen LogP contribution in [-0.2, 0) is 0 Å². The molecule has 17 heavy (non-hydrogen) atoms. The number of rotatable bonds is 6. The molecule has 1 aromatic carbocycles. The van der Waals surface area contributed by atoms with Gasteiger partial charge in [0.15, 0.2) is 0 Å². The van der Waals surface area contributed by atoms with Crippen molar-refractivity contribution in [2.45, 2.75) is 40.2 Å². The molecule has 1 aromatic rings. The summed E-state index contributed by atoms with van der Waals surface area (Å²) in [6, 6.07) is 8.60. The van der Waals surface area contributed by atoms with E-state index in [1.54, 1.807) is 0 Å². The standard InChI is InChI=1S/C15H26N2/c1-6-16-15(4,5)12-17(7-2)14-11-9-8-10-13(14)3/h8-11,16H,6-7,12H2,1-5H3. The van der Waals surface area contributed by atoms with Gasteiger partial charge in [0.25, 0.3) is 0 Å². The van der Waals surface area contributed by atoms with Crippen LogP contribution in [0.25, 0.3) is 0 Å². The van der Waals surface area contributed by atoms with Gasteiger partial charge >= 0.3 is 0 Å². The van der Waals surface area contributed by atoms with Crippen molar-refractivity contribution in [3.63, 3.8) is 0 Å².